The highest BCUT2D eigenvalue weighted by Gasteiger charge is 2.20. The maximum Gasteiger partial charge on any atom is 0.222 e. The maximum atomic E-state index is 12.2. The molecule has 1 aliphatic rings. The van der Waals surface area contributed by atoms with E-state index in [4.69, 9.17) is 15.2 Å². The van der Waals surface area contributed by atoms with Crippen molar-refractivity contribution in [1.82, 2.24) is 4.90 Å². The standard InChI is InChI=1S/C16H24N2O3.ClH/c1-20-14-4-5-15(21-2)12(11-14)3-6-16(19)18-9-7-13(17)8-10-18;/h4-5,11,13H,3,6-10,17H2,1-2H3;1H. The van der Waals surface area contributed by atoms with Crippen molar-refractivity contribution < 1.29 is 14.3 Å². The van der Waals surface area contributed by atoms with Gasteiger partial charge in [0.2, 0.25) is 5.91 Å². The van der Waals surface area contributed by atoms with Crippen molar-refractivity contribution >= 4 is 18.3 Å². The van der Waals surface area contributed by atoms with E-state index in [9.17, 15) is 4.79 Å². The van der Waals surface area contributed by atoms with Crippen molar-refractivity contribution in [3.63, 3.8) is 0 Å². The molecular formula is C16H25ClN2O3. The first-order valence-corrected chi connectivity index (χ1v) is 7.38. The van der Waals surface area contributed by atoms with Gasteiger partial charge in [-0.05, 0) is 43.0 Å². The molecule has 0 saturated carbocycles. The molecule has 0 aliphatic carbocycles. The number of hydrogen-bond acceptors (Lipinski definition) is 4. The zero-order valence-electron chi connectivity index (χ0n) is 13.2. The average Bonchev–Trinajstić information content (AvgIpc) is 2.52. The quantitative estimate of drug-likeness (QED) is 0.898. The zero-order chi connectivity index (χ0) is 15.2. The summed E-state index contributed by atoms with van der Waals surface area (Å²) in [5, 5.41) is 0. The summed E-state index contributed by atoms with van der Waals surface area (Å²) in [5.41, 5.74) is 6.86. The topological polar surface area (TPSA) is 64.8 Å². The molecule has 1 aliphatic heterocycles. The van der Waals surface area contributed by atoms with Crippen LogP contribution < -0.4 is 15.2 Å². The Morgan fingerprint density at radius 1 is 1.27 bits per heavy atom. The molecule has 1 aromatic rings. The average molecular weight is 329 g/mol. The largest absolute Gasteiger partial charge is 0.497 e. The van der Waals surface area contributed by atoms with E-state index in [0.717, 1.165) is 43.0 Å². The van der Waals surface area contributed by atoms with Crippen molar-refractivity contribution in [1.29, 1.82) is 0 Å². The third-order valence-corrected chi connectivity index (χ3v) is 3.99. The summed E-state index contributed by atoms with van der Waals surface area (Å²) in [5.74, 6) is 1.76. The number of nitrogens with zero attached hydrogens (tertiary/aromatic N) is 1. The molecule has 1 heterocycles. The number of aryl methyl sites for hydroxylation is 1. The summed E-state index contributed by atoms with van der Waals surface area (Å²) < 4.78 is 10.6. The van der Waals surface area contributed by atoms with Crippen LogP contribution in [-0.2, 0) is 11.2 Å². The molecule has 22 heavy (non-hydrogen) atoms. The molecule has 1 amide bonds. The number of carbonyl (C=O) groups is 1. The fraction of sp³-hybridized carbons (Fsp3) is 0.562. The molecule has 2 rings (SSSR count). The molecule has 0 aromatic heterocycles. The zero-order valence-corrected chi connectivity index (χ0v) is 14.0. The molecule has 0 atom stereocenters. The van der Waals surface area contributed by atoms with E-state index in [1.165, 1.54) is 0 Å². The number of ether oxygens (including phenoxy) is 2. The molecule has 5 nitrogen and oxygen atoms in total. The second-order valence-corrected chi connectivity index (χ2v) is 5.40. The lowest BCUT2D eigenvalue weighted by molar-refractivity contribution is -0.132. The molecule has 0 unspecified atom stereocenters. The van der Waals surface area contributed by atoms with Crippen molar-refractivity contribution in [3.8, 4) is 11.5 Å². The van der Waals surface area contributed by atoms with Crippen molar-refractivity contribution in [2.45, 2.75) is 31.7 Å². The minimum Gasteiger partial charge on any atom is -0.497 e. The van der Waals surface area contributed by atoms with Gasteiger partial charge in [-0.1, -0.05) is 0 Å². The predicted molar refractivity (Wildman–Crippen MR) is 88.9 cm³/mol. The lowest BCUT2D eigenvalue weighted by Gasteiger charge is -2.30. The Hall–Kier alpha value is -1.46. The molecule has 2 N–H and O–H groups in total. The van der Waals surface area contributed by atoms with Gasteiger partial charge in [0, 0.05) is 25.6 Å². The number of likely N-dealkylation sites (tertiary alicyclic amines) is 1. The van der Waals surface area contributed by atoms with Gasteiger partial charge in [-0.25, -0.2) is 0 Å². The number of rotatable bonds is 5. The monoisotopic (exact) mass is 328 g/mol. The summed E-state index contributed by atoms with van der Waals surface area (Å²) in [6.07, 6.45) is 2.93. The number of benzene rings is 1. The van der Waals surface area contributed by atoms with Crippen molar-refractivity contribution in [2.24, 2.45) is 5.73 Å². The summed E-state index contributed by atoms with van der Waals surface area (Å²) >= 11 is 0. The van der Waals surface area contributed by atoms with E-state index in [2.05, 4.69) is 0 Å². The fourth-order valence-electron chi connectivity index (χ4n) is 2.63. The highest BCUT2D eigenvalue weighted by Crippen LogP contribution is 2.25. The van der Waals surface area contributed by atoms with E-state index in [-0.39, 0.29) is 24.4 Å². The number of methoxy groups -OCH3 is 2. The van der Waals surface area contributed by atoms with Gasteiger partial charge in [0.25, 0.3) is 0 Å². The molecule has 1 aromatic carbocycles. The summed E-state index contributed by atoms with van der Waals surface area (Å²) in [4.78, 5) is 14.2. The smallest absolute Gasteiger partial charge is 0.222 e. The lowest BCUT2D eigenvalue weighted by atomic mass is 10.0. The van der Waals surface area contributed by atoms with Crippen LogP contribution in [0, 0.1) is 0 Å². The molecule has 1 fully saturated rings. The third-order valence-electron chi connectivity index (χ3n) is 3.99. The van der Waals surface area contributed by atoms with Crippen LogP contribution in [0.3, 0.4) is 0 Å². The normalized spacial score (nSPS) is 15.1. The maximum absolute atomic E-state index is 12.2. The molecule has 0 radical (unpaired) electrons. The van der Waals surface area contributed by atoms with Crippen LogP contribution in [0.4, 0.5) is 0 Å². The first-order valence-electron chi connectivity index (χ1n) is 7.38. The second-order valence-electron chi connectivity index (χ2n) is 5.40. The minimum absolute atomic E-state index is 0. The first kappa shape index (κ1) is 18.6. The Bertz CT molecular complexity index is 488. The van der Waals surface area contributed by atoms with Crippen LogP contribution in [0.25, 0.3) is 0 Å². The van der Waals surface area contributed by atoms with Gasteiger partial charge in [-0.2, -0.15) is 0 Å². The Morgan fingerprint density at radius 2 is 1.95 bits per heavy atom. The number of halogens is 1. The molecule has 0 bridgehead atoms. The number of amides is 1. The highest BCUT2D eigenvalue weighted by molar-refractivity contribution is 5.85. The number of hydrogen-bond donors (Lipinski definition) is 1. The van der Waals surface area contributed by atoms with Crippen LogP contribution in [0.5, 0.6) is 11.5 Å². The van der Waals surface area contributed by atoms with Crippen LogP contribution >= 0.6 is 12.4 Å². The number of nitrogens with two attached hydrogens (primary N) is 1. The van der Waals surface area contributed by atoms with Crippen molar-refractivity contribution in [2.75, 3.05) is 27.3 Å². The third kappa shape index (κ3) is 4.78. The van der Waals surface area contributed by atoms with E-state index in [1.807, 2.05) is 23.1 Å². The van der Waals surface area contributed by atoms with E-state index < -0.39 is 0 Å². The Morgan fingerprint density at radius 3 is 2.55 bits per heavy atom. The van der Waals surface area contributed by atoms with Crippen LogP contribution in [-0.4, -0.2) is 44.2 Å². The minimum atomic E-state index is 0. The number of piperidine rings is 1. The van der Waals surface area contributed by atoms with Gasteiger partial charge < -0.3 is 20.1 Å². The van der Waals surface area contributed by atoms with Gasteiger partial charge >= 0.3 is 0 Å². The van der Waals surface area contributed by atoms with E-state index in [1.54, 1.807) is 14.2 Å². The SMILES string of the molecule is COc1ccc(OC)c(CCC(=O)N2CCC(N)CC2)c1.Cl. The van der Waals surface area contributed by atoms with Gasteiger partial charge in [0.15, 0.2) is 0 Å². The lowest BCUT2D eigenvalue weighted by Crippen LogP contribution is -2.42. The molecule has 0 spiro atoms. The van der Waals surface area contributed by atoms with E-state index in [0.29, 0.717) is 12.8 Å². The molecule has 124 valence electrons. The fourth-order valence-corrected chi connectivity index (χ4v) is 2.63. The number of carbonyl (C=O) groups excluding carboxylic acids is 1. The first-order chi connectivity index (χ1) is 10.1. The highest BCUT2D eigenvalue weighted by atomic mass is 35.5. The summed E-state index contributed by atoms with van der Waals surface area (Å²) in [6.45, 7) is 1.55. The van der Waals surface area contributed by atoms with E-state index >= 15 is 0 Å². The van der Waals surface area contributed by atoms with Gasteiger partial charge in [0.05, 0.1) is 14.2 Å². The van der Waals surface area contributed by atoms with Crippen LogP contribution in [0.2, 0.25) is 0 Å². The van der Waals surface area contributed by atoms with Crippen LogP contribution in [0.1, 0.15) is 24.8 Å². The Balaban J connectivity index is 0.00000242. The van der Waals surface area contributed by atoms with Crippen molar-refractivity contribution in [3.05, 3.63) is 23.8 Å². The Labute approximate surface area is 138 Å². The summed E-state index contributed by atoms with van der Waals surface area (Å²) in [6, 6.07) is 5.90. The second kappa shape index (κ2) is 8.86. The molecule has 6 heteroatoms. The van der Waals surface area contributed by atoms with Crippen LogP contribution in [0.15, 0.2) is 18.2 Å². The van der Waals surface area contributed by atoms with Gasteiger partial charge in [-0.15, -0.1) is 12.4 Å². The Kier molecular flexibility index (Phi) is 7.48. The van der Waals surface area contributed by atoms with Gasteiger partial charge in [0.1, 0.15) is 11.5 Å². The molecular weight excluding hydrogens is 304 g/mol. The predicted octanol–water partition coefficient (Wildman–Crippen LogP) is 2.01. The molecule has 1 saturated heterocycles. The summed E-state index contributed by atoms with van der Waals surface area (Å²) in [7, 11) is 3.27. The van der Waals surface area contributed by atoms with Gasteiger partial charge in [-0.3, -0.25) is 4.79 Å².